The average Bonchev–Trinajstić information content (AvgIpc) is 2.76. The Hall–Kier alpha value is -2.57. The third-order valence-electron chi connectivity index (χ3n) is 2.02. The Morgan fingerprint density at radius 1 is 1.41 bits per heavy atom. The number of phenolic OH excluding ortho intramolecular Hbond substituents is 1. The molecular weight excluding hydrogens is 224 g/mol. The molecule has 1 aromatic heterocycles. The number of rotatable bonds is 3. The van der Waals surface area contributed by atoms with Crippen molar-refractivity contribution in [1.82, 2.24) is 15.0 Å². The van der Waals surface area contributed by atoms with Crippen LogP contribution in [0.4, 0.5) is 4.79 Å². The van der Waals surface area contributed by atoms with Crippen LogP contribution >= 0.6 is 0 Å². The standard InChI is InChI=1S/C10H10N4O3/c11-10(16)17-6-7-5-14(13-12-7)8-1-3-9(15)4-2-8/h1-5,15H,6H2,(H2,11,16). The quantitative estimate of drug-likeness (QED) is 0.807. The van der Waals surface area contributed by atoms with Crippen molar-refractivity contribution in [2.45, 2.75) is 6.61 Å². The summed E-state index contributed by atoms with van der Waals surface area (Å²) in [5, 5.41) is 16.8. The summed E-state index contributed by atoms with van der Waals surface area (Å²) in [6.07, 6.45) is 0.749. The van der Waals surface area contributed by atoms with E-state index in [1.54, 1.807) is 18.3 Å². The third-order valence-corrected chi connectivity index (χ3v) is 2.02. The molecule has 1 amide bonds. The lowest BCUT2D eigenvalue weighted by atomic mass is 10.3. The highest BCUT2D eigenvalue weighted by molar-refractivity contribution is 5.64. The van der Waals surface area contributed by atoms with Gasteiger partial charge in [0.15, 0.2) is 0 Å². The number of amides is 1. The first kappa shape index (κ1) is 10.9. The zero-order chi connectivity index (χ0) is 12.3. The number of nitrogens with two attached hydrogens (primary N) is 1. The maximum Gasteiger partial charge on any atom is 0.404 e. The van der Waals surface area contributed by atoms with Crippen molar-refractivity contribution in [2.24, 2.45) is 5.73 Å². The molecule has 0 unspecified atom stereocenters. The van der Waals surface area contributed by atoms with Crippen LogP contribution in [0.1, 0.15) is 5.69 Å². The van der Waals surface area contributed by atoms with Gasteiger partial charge in [-0.1, -0.05) is 5.21 Å². The normalized spacial score (nSPS) is 10.1. The van der Waals surface area contributed by atoms with Crippen LogP contribution < -0.4 is 5.73 Å². The molecule has 17 heavy (non-hydrogen) atoms. The van der Waals surface area contributed by atoms with E-state index in [0.717, 1.165) is 5.69 Å². The van der Waals surface area contributed by atoms with E-state index in [9.17, 15) is 4.79 Å². The highest BCUT2D eigenvalue weighted by Crippen LogP contribution is 2.12. The van der Waals surface area contributed by atoms with Gasteiger partial charge in [0, 0.05) is 0 Å². The van der Waals surface area contributed by atoms with Crippen LogP contribution in [0, 0.1) is 0 Å². The number of benzene rings is 1. The van der Waals surface area contributed by atoms with E-state index >= 15 is 0 Å². The van der Waals surface area contributed by atoms with Crippen molar-refractivity contribution in [1.29, 1.82) is 0 Å². The van der Waals surface area contributed by atoms with Gasteiger partial charge in [0.2, 0.25) is 0 Å². The summed E-state index contributed by atoms with van der Waals surface area (Å²) in [5.74, 6) is 0.172. The SMILES string of the molecule is NC(=O)OCc1cn(-c2ccc(O)cc2)nn1. The molecule has 1 heterocycles. The van der Waals surface area contributed by atoms with Gasteiger partial charge in [0.05, 0.1) is 11.9 Å². The van der Waals surface area contributed by atoms with Gasteiger partial charge in [-0.2, -0.15) is 0 Å². The monoisotopic (exact) mass is 234 g/mol. The molecule has 7 nitrogen and oxygen atoms in total. The minimum absolute atomic E-state index is 0.0204. The molecule has 88 valence electrons. The summed E-state index contributed by atoms with van der Waals surface area (Å²) in [7, 11) is 0. The molecule has 0 bridgehead atoms. The molecule has 0 fully saturated rings. The molecule has 0 saturated heterocycles. The molecule has 7 heteroatoms. The van der Waals surface area contributed by atoms with Gasteiger partial charge in [-0.05, 0) is 24.3 Å². The second-order valence-corrected chi connectivity index (χ2v) is 3.28. The van der Waals surface area contributed by atoms with Gasteiger partial charge in [-0.3, -0.25) is 0 Å². The fourth-order valence-corrected chi connectivity index (χ4v) is 1.24. The summed E-state index contributed by atoms with van der Waals surface area (Å²) in [4.78, 5) is 10.4. The van der Waals surface area contributed by atoms with Crippen LogP contribution in [0.2, 0.25) is 0 Å². The van der Waals surface area contributed by atoms with E-state index in [1.165, 1.54) is 16.8 Å². The van der Waals surface area contributed by atoms with E-state index < -0.39 is 6.09 Å². The van der Waals surface area contributed by atoms with E-state index in [2.05, 4.69) is 15.0 Å². The Bertz CT molecular complexity index is 521. The predicted molar refractivity (Wildman–Crippen MR) is 57.4 cm³/mol. The third kappa shape index (κ3) is 2.71. The van der Waals surface area contributed by atoms with Crippen LogP contribution in [0.3, 0.4) is 0 Å². The molecular formula is C10H10N4O3. The lowest BCUT2D eigenvalue weighted by molar-refractivity contribution is 0.149. The minimum Gasteiger partial charge on any atom is -0.508 e. The number of ether oxygens (including phenoxy) is 1. The Labute approximate surface area is 96.4 Å². The number of carbonyl (C=O) groups excluding carboxylic acids is 1. The van der Waals surface area contributed by atoms with Crippen molar-refractivity contribution >= 4 is 6.09 Å². The van der Waals surface area contributed by atoms with Crippen LogP contribution in [0.15, 0.2) is 30.5 Å². The van der Waals surface area contributed by atoms with E-state index in [4.69, 9.17) is 10.8 Å². The van der Waals surface area contributed by atoms with Crippen LogP contribution in [-0.4, -0.2) is 26.2 Å². The number of hydrogen-bond donors (Lipinski definition) is 2. The van der Waals surface area contributed by atoms with E-state index in [-0.39, 0.29) is 12.4 Å². The fourth-order valence-electron chi connectivity index (χ4n) is 1.24. The zero-order valence-electron chi connectivity index (χ0n) is 8.78. The van der Waals surface area contributed by atoms with Gasteiger partial charge >= 0.3 is 6.09 Å². The molecule has 2 rings (SSSR count). The van der Waals surface area contributed by atoms with Crippen molar-refractivity contribution in [3.8, 4) is 11.4 Å². The number of primary amides is 1. The molecule has 0 radical (unpaired) electrons. The van der Waals surface area contributed by atoms with Crippen LogP contribution in [0.5, 0.6) is 5.75 Å². The second-order valence-electron chi connectivity index (χ2n) is 3.28. The Morgan fingerprint density at radius 3 is 2.76 bits per heavy atom. The first-order valence-corrected chi connectivity index (χ1v) is 4.78. The molecule has 2 aromatic rings. The largest absolute Gasteiger partial charge is 0.508 e. The number of carbonyl (C=O) groups is 1. The van der Waals surface area contributed by atoms with Crippen molar-refractivity contribution in [3.63, 3.8) is 0 Å². The summed E-state index contributed by atoms with van der Waals surface area (Å²) in [5.41, 5.74) is 6.05. The topological polar surface area (TPSA) is 103 Å². The maximum atomic E-state index is 10.4. The average molecular weight is 234 g/mol. The molecule has 0 aliphatic carbocycles. The Morgan fingerprint density at radius 2 is 2.12 bits per heavy atom. The summed E-state index contributed by atoms with van der Waals surface area (Å²) < 4.78 is 6.08. The van der Waals surface area contributed by atoms with E-state index in [0.29, 0.717) is 5.69 Å². The molecule has 0 aliphatic heterocycles. The van der Waals surface area contributed by atoms with E-state index in [1.807, 2.05) is 0 Å². The number of hydrogen-bond acceptors (Lipinski definition) is 5. The summed E-state index contributed by atoms with van der Waals surface area (Å²) in [6.45, 7) is -0.0204. The Kier molecular flexibility index (Phi) is 2.91. The van der Waals surface area contributed by atoms with Gasteiger partial charge in [0.25, 0.3) is 0 Å². The predicted octanol–water partition coefficient (Wildman–Crippen LogP) is 0.568. The first-order chi connectivity index (χ1) is 8.15. The number of aromatic hydroxyl groups is 1. The van der Waals surface area contributed by atoms with Crippen molar-refractivity contribution in [2.75, 3.05) is 0 Å². The van der Waals surface area contributed by atoms with Gasteiger partial charge < -0.3 is 15.6 Å². The first-order valence-electron chi connectivity index (χ1n) is 4.78. The van der Waals surface area contributed by atoms with Crippen LogP contribution in [0.25, 0.3) is 5.69 Å². The van der Waals surface area contributed by atoms with Gasteiger partial charge in [-0.25, -0.2) is 9.48 Å². The highest BCUT2D eigenvalue weighted by atomic mass is 16.5. The highest BCUT2D eigenvalue weighted by Gasteiger charge is 2.04. The summed E-state index contributed by atoms with van der Waals surface area (Å²) >= 11 is 0. The second kappa shape index (κ2) is 4.52. The fraction of sp³-hybridized carbons (Fsp3) is 0.100. The van der Waals surface area contributed by atoms with Crippen LogP contribution in [-0.2, 0) is 11.3 Å². The number of phenols is 1. The maximum absolute atomic E-state index is 10.4. The summed E-state index contributed by atoms with van der Waals surface area (Å²) in [6, 6.07) is 6.44. The number of nitrogens with zero attached hydrogens (tertiary/aromatic N) is 3. The minimum atomic E-state index is -0.857. The lowest BCUT2D eigenvalue weighted by Crippen LogP contribution is -2.12. The van der Waals surface area contributed by atoms with Crippen molar-refractivity contribution in [3.05, 3.63) is 36.2 Å². The molecule has 0 atom stereocenters. The molecule has 0 saturated carbocycles. The van der Waals surface area contributed by atoms with Gasteiger partial charge in [0.1, 0.15) is 18.1 Å². The Balaban J connectivity index is 2.12. The molecule has 0 spiro atoms. The van der Waals surface area contributed by atoms with Crippen molar-refractivity contribution < 1.29 is 14.6 Å². The smallest absolute Gasteiger partial charge is 0.404 e. The molecule has 1 aromatic carbocycles. The molecule has 0 aliphatic rings. The lowest BCUT2D eigenvalue weighted by Gasteiger charge is -1.99. The molecule has 3 N–H and O–H groups in total. The number of aromatic nitrogens is 3. The van der Waals surface area contributed by atoms with Gasteiger partial charge in [-0.15, -0.1) is 5.10 Å². The zero-order valence-corrected chi connectivity index (χ0v) is 8.78.